The van der Waals surface area contributed by atoms with E-state index in [1.165, 1.54) is 50.2 Å². The summed E-state index contributed by atoms with van der Waals surface area (Å²) < 4.78 is 29.7. The third-order valence-electron chi connectivity index (χ3n) is 3.42. The Morgan fingerprint density at radius 1 is 0.920 bits per heavy atom. The Balaban J connectivity index is 2.24. The van der Waals surface area contributed by atoms with Crippen molar-refractivity contribution in [3.63, 3.8) is 0 Å². The number of carbonyl (C=O) groups is 2. The van der Waals surface area contributed by atoms with Crippen LogP contribution in [0.25, 0.3) is 0 Å². The van der Waals surface area contributed by atoms with E-state index in [9.17, 15) is 18.0 Å². The topological polar surface area (TPSA) is 77.5 Å². The van der Waals surface area contributed by atoms with E-state index >= 15 is 0 Å². The number of ether oxygens (including phenoxy) is 1. The molecule has 0 aliphatic heterocycles. The number of aryl methyl sites for hydroxylation is 1. The number of sulfone groups is 1. The average Bonchev–Trinajstić information content (AvgIpc) is 2.54. The van der Waals surface area contributed by atoms with Gasteiger partial charge in [-0.3, -0.25) is 9.59 Å². The number of esters is 1. The number of hydrogen-bond acceptors (Lipinski definition) is 5. The summed E-state index contributed by atoms with van der Waals surface area (Å²) in [5, 5.41) is 0.972. The summed E-state index contributed by atoms with van der Waals surface area (Å²) in [7, 11) is -3.71. The first-order valence-corrected chi connectivity index (χ1v) is 9.07. The van der Waals surface area contributed by atoms with Crippen LogP contribution in [-0.2, 0) is 14.6 Å². The highest BCUT2D eigenvalue weighted by atomic mass is 32.2. The summed E-state index contributed by atoms with van der Waals surface area (Å²) in [6.07, 6.45) is 0. The van der Waals surface area contributed by atoms with Crippen LogP contribution in [0.4, 0.5) is 0 Å². The van der Waals surface area contributed by atoms with Gasteiger partial charge in [-0.15, -0.1) is 0 Å². The molecule has 0 unspecified atom stereocenters. The molecule has 0 atom stereocenters. The maximum Gasteiger partial charge on any atom is 0.308 e. The molecule has 0 fully saturated rings. The minimum Gasteiger partial charge on any atom is -0.427 e. The molecule has 2 aromatic carbocycles. The number of ketones is 1. The quantitative estimate of drug-likeness (QED) is 0.354. The van der Waals surface area contributed by atoms with Gasteiger partial charge in [-0.1, -0.05) is 17.7 Å². The lowest BCUT2D eigenvalue weighted by Crippen LogP contribution is -2.06. The van der Waals surface area contributed by atoms with Gasteiger partial charge in [0.05, 0.1) is 4.90 Å². The highest BCUT2D eigenvalue weighted by Gasteiger charge is 2.16. The van der Waals surface area contributed by atoms with E-state index in [2.05, 4.69) is 0 Å². The molecule has 0 heterocycles. The zero-order valence-electron chi connectivity index (χ0n) is 14.1. The first kappa shape index (κ1) is 18.6. The molecule has 5 nitrogen and oxygen atoms in total. The Kier molecular flexibility index (Phi) is 5.54. The van der Waals surface area contributed by atoms with E-state index < -0.39 is 21.6 Å². The maximum atomic E-state index is 12.4. The van der Waals surface area contributed by atoms with Crippen LogP contribution >= 0.6 is 0 Å². The third kappa shape index (κ3) is 4.87. The van der Waals surface area contributed by atoms with Crippen molar-refractivity contribution in [1.82, 2.24) is 0 Å². The first-order valence-electron chi connectivity index (χ1n) is 7.52. The van der Waals surface area contributed by atoms with Gasteiger partial charge in [0, 0.05) is 23.5 Å². The number of rotatable bonds is 5. The summed E-state index contributed by atoms with van der Waals surface area (Å²) in [6, 6.07) is 12.3. The van der Waals surface area contributed by atoms with Gasteiger partial charge in [0.1, 0.15) is 5.75 Å². The minimum absolute atomic E-state index is 0.0980. The highest BCUT2D eigenvalue weighted by molar-refractivity contribution is 7.94. The summed E-state index contributed by atoms with van der Waals surface area (Å²) >= 11 is 0. The van der Waals surface area contributed by atoms with Crippen molar-refractivity contribution in [3.05, 3.63) is 70.6 Å². The lowest BCUT2D eigenvalue weighted by Gasteiger charge is -2.05. The molecular weight excluding hydrogens is 340 g/mol. The number of hydrogen-bond donors (Lipinski definition) is 0. The predicted molar refractivity (Wildman–Crippen MR) is 94.2 cm³/mol. The van der Waals surface area contributed by atoms with E-state index in [0.29, 0.717) is 11.3 Å². The lowest BCUT2D eigenvalue weighted by atomic mass is 10.1. The molecule has 0 amide bonds. The SMILES string of the molecule is CC(=O)Oc1ccc(C(=O)/C(C)=C/S(=O)(=O)c2ccc(C)cc2)cc1. The molecule has 0 saturated carbocycles. The van der Waals surface area contributed by atoms with Crippen LogP contribution in [0.3, 0.4) is 0 Å². The molecule has 0 aliphatic rings. The van der Waals surface area contributed by atoms with Crippen molar-refractivity contribution in [3.8, 4) is 5.75 Å². The Morgan fingerprint density at radius 3 is 2.00 bits per heavy atom. The molecule has 25 heavy (non-hydrogen) atoms. The van der Waals surface area contributed by atoms with E-state index in [4.69, 9.17) is 4.74 Å². The number of benzene rings is 2. The fraction of sp³-hybridized carbons (Fsp3) is 0.158. The second-order valence-electron chi connectivity index (χ2n) is 5.61. The summed E-state index contributed by atoms with van der Waals surface area (Å²) in [6.45, 7) is 4.59. The molecule has 2 rings (SSSR count). The number of Topliss-reactive ketones (excluding diaryl/α,β-unsaturated/α-hetero) is 1. The fourth-order valence-electron chi connectivity index (χ4n) is 2.15. The standard InChI is InChI=1S/C19H18O5S/c1-13-4-10-18(11-5-13)25(22,23)12-14(2)19(21)16-6-8-17(9-7-16)24-15(3)20/h4-12H,1-3H3/b14-12+. The van der Waals surface area contributed by atoms with E-state index in [-0.39, 0.29) is 10.5 Å². The molecule has 0 saturated heterocycles. The van der Waals surface area contributed by atoms with E-state index in [1.807, 2.05) is 6.92 Å². The van der Waals surface area contributed by atoms with Crippen molar-refractivity contribution in [2.45, 2.75) is 25.7 Å². The van der Waals surface area contributed by atoms with Crippen LogP contribution in [0, 0.1) is 6.92 Å². The summed E-state index contributed by atoms with van der Waals surface area (Å²) in [4.78, 5) is 23.4. The van der Waals surface area contributed by atoms with Gasteiger partial charge in [0.2, 0.25) is 0 Å². The van der Waals surface area contributed by atoms with Crippen LogP contribution in [-0.4, -0.2) is 20.2 Å². The highest BCUT2D eigenvalue weighted by Crippen LogP contribution is 2.19. The second kappa shape index (κ2) is 7.44. The number of carbonyl (C=O) groups excluding carboxylic acids is 2. The zero-order valence-corrected chi connectivity index (χ0v) is 15.0. The van der Waals surface area contributed by atoms with Gasteiger partial charge < -0.3 is 4.74 Å². The molecule has 130 valence electrons. The zero-order chi connectivity index (χ0) is 18.6. The lowest BCUT2D eigenvalue weighted by molar-refractivity contribution is -0.131. The van der Waals surface area contributed by atoms with Gasteiger partial charge in [-0.2, -0.15) is 0 Å². The van der Waals surface area contributed by atoms with Gasteiger partial charge in [0.15, 0.2) is 15.6 Å². The fourth-order valence-corrected chi connectivity index (χ4v) is 3.37. The maximum absolute atomic E-state index is 12.4. The monoisotopic (exact) mass is 358 g/mol. The molecule has 0 radical (unpaired) electrons. The van der Waals surface area contributed by atoms with Gasteiger partial charge in [0.25, 0.3) is 0 Å². The Morgan fingerprint density at radius 2 is 1.48 bits per heavy atom. The molecular formula is C19H18O5S. The molecule has 0 N–H and O–H groups in total. The molecule has 0 aliphatic carbocycles. The first-order chi connectivity index (χ1) is 11.7. The third-order valence-corrected chi connectivity index (χ3v) is 5.01. The van der Waals surface area contributed by atoms with Crippen molar-refractivity contribution in [2.24, 2.45) is 0 Å². The number of allylic oxidation sites excluding steroid dienone is 1. The molecule has 0 bridgehead atoms. The van der Waals surface area contributed by atoms with Crippen molar-refractivity contribution in [2.75, 3.05) is 0 Å². The smallest absolute Gasteiger partial charge is 0.308 e. The van der Waals surface area contributed by atoms with Gasteiger partial charge in [-0.25, -0.2) is 8.42 Å². The van der Waals surface area contributed by atoms with Gasteiger partial charge >= 0.3 is 5.97 Å². The Hall–Kier alpha value is -2.73. The van der Waals surface area contributed by atoms with Crippen LogP contribution in [0.15, 0.2) is 64.4 Å². The molecule has 0 aromatic heterocycles. The molecule has 2 aromatic rings. The van der Waals surface area contributed by atoms with Crippen molar-refractivity contribution >= 4 is 21.6 Å². The summed E-state index contributed by atoms with van der Waals surface area (Å²) in [5.41, 5.74) is 1.35. The summed E-state index contributed by atoms with van der Waals surface area (Å²) in [5.74, 6) is -0.553. The molecule has 6 heteroatoms. The minimum atomic E-state index is -3.71. The molecule has 0 spiro atoms. The van der Waals surface area contributed by atoms with Crippen molar-refractivity contribution in [1.29, 1.82) is 0 Å². The largest absolute Gasteiger partial charge is 0.427 e. The Labute approximate surface area is 146 Å². The van der Waals surface area contributed by atoms with Crippen LogP contribution in [0.1, 0.15) is 29.8 Å². The van der Waals surface area contributed by atoms with E-state index in [0.717, 1.165) is 11.0 Å². The second-order valence-corrected chi connectivity index (χ2v) is 7.40. The van der Waals surface area contributed by atoms with E-state index in [1.54, 1.807) is 12.1 Å². The van der Waals surface area contributed by atoms with Crippen molar-refractivity contribution < 1.29 is 22.7 Å². The average molecular weight is 358 g/mol. The Bertz CT molecular complexity index is 921. The normalized spacial score (nSPS) is 11.9. The van der Waals surface area contributed by atoms with Crippen LogP contribution in [0.5, 0.6) is 5.75 Å². The van der Waals surface area contributed by atoms with Gasteiger partial charge in [-0.05, 0) is 50.2 Å². The predicted octanol–water partition coefficient (Wildman–Crippen LogP) is 3.48. The van der Waals surface area contributed by atoms with Crippen LogP contribution < -0.4 is 4.74 Å². The van der Waals surface area contributed by atoms with Crippen LogP contribution in [0.2, 0.25) is 0 Å².